The highest BCUT2D eigenvalue weighted by Crippen LogP contribution is 2.21. The third-order valence-corrected chi connectivity index (χ3v) is 3.82. The number of carbonyl (C=O) groups excluding carboxylic acids is 1. The number of hydrogen-bond donors (Lipinski definition) is 1. The first kappa shape index (κ1) is 17.0. The maximum Gasteiger partial charge on any atom is 0.247 e. The second kappa shape index (κ2) is 7.29. The number of likely N-dealkylation sites (N-methyl/N-ethyl adjacent to an activating group) is 1. The van der Waals surface area contributed by atoms with Crippen LogP contribution < -0.4 is 10.5 Å². The van der Waals surface area contributed by atoms with Gasteiger partial charge in [0, 0.05) is 13.6 Å². The van der Waals surface area contributed by atoms with Gasteiger partial charge in [-0.05, 0) is 37.1 Å². The van der Waals surface area contributed by atoms with Crippen molar-refractivity contribution in [1.29, 1.82) is 0 Å². The Balaban J connectivity index is 2.07. The fourth-order valence-electron chi connectivity index (χ4n) is 2.51. The Morgan fingerprint density at radius 1 is 1.13 bits per heavy atom. The fourth-order valence-corrected chi connectivity index (χ4v) is 2.51. The molecule has 0 heterocycles. The van der Waals surface area contributed by atoms with Crippen LogP contribution in [0.5, 0.6) is 5.75 Å². The van der Waals surface area contributed by atoms with Gasteiger partial charge in [-0.15, -0.1) is 0 Å². The van der Waals surface area contributed by atoms with Gasteiger partial charge in [0.15, 0.2) is 0 Å². The molecule has 1 atom stereocenters. The Morgan fingerprint density at radius 2 is 1.74 bits per heavy atom. The molecule has 0 bridgehead atoms. The molecule has 0 aromatic heterocycles. The molecule has 4 nitrogen and oxygen atoms in total. The number of nitrogens with two attached hydrogens (primary N) is 1. The highest BCUT2D eigenvalue weighted by Gasteiger charge is 2.32. The molecule has 4 heteroatoms. The lowest BCUT2D eigenvalue weighted by Crippen LogP contribution is -2.49. The van der Waals surface area contributed by atoms with Gasteiger partial charge in [0.1, 0.15) is 11.3 Å². The van der Waals surface area contributed by atoms with Crippen molar-refractivity contribution in [2.24, 2.45) is 5.73 Å². The lowest BCUT2D eigenvalue weighted by Gasteiger charge is -2.29. The van der Waals surface area contributed by atoms with E-state index in [0.717, 1.165) is 16.9 Å². The zero-order chi connectivity index (χ0) is 16.9. The Hall–Kier alpha value is -2.33. The summed E-state index contributed by atoms with van der Waals surface area (Å²) in [5, 5.41) is 0. The van der Waals surface area contributed by atoms with Crippen molar-refractivity contribution in [3.05, 3.63) is 65.7 Å². The zero-order valence-electron chi connectivity index (χ0n) is 14.0. The molecule has 122 valence electrons. The van der Waals surface area contributed by atoms with Crippen LogP contribution in [-0.4, -0.2) is 24.5 Å². The molecule has 2 aromatic carbocycles. The molecule has 0 aliphatic rings. The number of carbonyl (C=O) groups is 1. The van der Waals surface area contributed by atoms with Gasteiger partial charge in [0.25, 0.3) is 0 Å². The second-order valence-electron chi connectivity index (χ2n) is 5.81. The first-order valence-electron chi connectivity index (χ1n) is 7.77. The minimum atomic E-state index is -1.04. The number of ether oxygens (including phenoxy) is 1. The third kappa shape index (κ3) is 4.11. The molecule has 23 heavy (non-hydrogen) atoms. The number of nitrogens with zero attached hydrogens (tertiary/aromatic N) is 1. The summed E-state index contributed by atoms with van der Waals surface area (Å²) >= 11 is 0. The normalized spacial score (nSPS) is 13.2. The molecule has 0 aliphatic carbocycles. The van der Waals surface area contributed by atoms with Crippen LogP contribution in [0.1, 0.15) is 25.0 Å². The maximum absolute atomic E-state index is 12.7. The summed E-state index contributed by atoms with van der Waals surface area (Å²) in [6, 6.07) is 17.2. The lowest BCUT2D eigenvalue weighted by molar-refractivity contribution is -0.136. The van der Waals surface area contributed by atoms with Crippen molar-refractivity contribution in [2.45, 2.75) is 25.9 Å². The van der Waals surface area contributed by atoms with E-state index in [0.29, 0.717) is 13.2 Å². The summed E-state index contributed by atoms with van der Waals surface area (Å²) in [5.74, 6) is 0.718. The van der Waals surface area contributed by atoms with E-state index in [-0.39, 0.29) is 5.91 Å². The minimum Gasteiger partial charge on any atom is -0.494 e. The van der Waals surface area contributed by atoms with Crippen molar-refractivity contribution < 1.29 is 9.53 Å². The molecule has 1 amide bonds. The van der Waals surface area contributed by atoms with Crippen molar-refractivity contribution in [2.75, 3.05) is 13.7 Å². The summed E-state index contributed by atoms with van der Waals surface area (Å²) in [7, 11) is 1.77. The number of hydrogen-bond acceptors (Lipinski definition) is 3. The Labute approximate surface area is 137 Å². The molecule has 0 spiro atoms. The van der Waals surface area contributed by atoms with E-state index in [1.165, 1.54) is 0 Å². The molecule has 1 unspecified atom stereocenters. The lowest BCUT2D eigenvalue weighted by atomic mass is 9.91. The molecule has 0 aliphatic heterocycles. The van der Waals surface area contributed by atoms with Gasteiger partial charge in [-0.3, -0.25) is 4.79 Å². The van der Waals surface area contributed by atoms with Crippen molar-refractivity contribution in [1.82, 2.24) is 4.90 Å². The van der Waals surface area contributed by atoms with Crippen LogP contribution >= 0.6 is 0 Å². The van der Waals surface area contributed by atoms with Crippen LogP contribution in [0.15, 0.2) is 54.6 Å². The summed E-state index contributed by atoms with van der Waals surface area (Å²) in [4.78, 5) is 14.4. The summed E-state index contributed by atoms with van der Waals surface area (Å²) < 4.78 is 5.42. The van der Waals surface area contributed by atoms with Crippen molar-refractivity contribution in [3.8, 4) is 5.75 Å². The predicted molar refractivity (Wildman–Crippen MR) is 92.1 cm³/mol. The number of amides is 1. The van der Waals surface area contributed by atoms with E-state index >= 15 is 0 Å². The van der Waals surface area contributed by atoms with Crippen molar-refractivity contribution in [3.63, 3.8) is 0 Å². The smallest absolute Gasteiger partial charge is 0.247 e. The van der Waals surface area contributed by atoms with Gasteiger partial charge in [-0.2, -0.15) is 0 Å². The quantitative estimate of drug-likeness (QED) is 0.892. The first-order valence-corrected chi connectivity index (χ1v) is 7.77. The Kier molecular flexibility index (Phi) is 5.40. The number of benzene rings is 2. The summed E-state index contributed by atoms with van der Waals surface area (Å²) in [6.07, 6.45) is 0. The van der Waals surface area contributed by atoms with E-state index in [1.54, 1.807) is 18.9 Å². The van der Waals surface area contributed by atoms with Gasteiger partial charge in [0.2, 0.25) is 5.91 Å². The topological polar surface area (TPSA) is 55.6 Å². The molecule has 2 aromatic rings. The molecule has 0 fully saturated rings. The number of rotatable bonds is 6. The van der Waals surface area contributed by atoms with Crippen LogP contribution in [-0.2, 0) is 16.9 Å². The Morgan fingerprint density at radius 3 is 2.30 bits per heavy atom. The molecule has 0 saturated heterocycles. The minimum absolute atomic E-state index is 0.113. The average Bonchev–Trinajstić information content (AvgIpc) is 2.57. The van der Waals surface area contributed by atoms with Gasteiger partial charge >= 0.3 is 0 Å². The molecule has 2 N–H and O–H groups in total. The molecule has 0 saturated carbocycles. The van der Waals surface area contributed by atoms with E-state index in [2.05, 4.69) is 0 Å². The largest absolute Gasteiger partial charge is 0.494 e. The Bertz CT molecular complexity index is 636. The van der Waals surface area contributed by atoms with Crippen LogP contribution in [0.4, 0.5) is 0 Å². The SMILES string of the molecule is CCOc1ccc(CN(C)C(=O)C(C)(N)c2ccccc2)cc1. The van der Waals surface area contributed by atoms with Crippen LogP contribution in [0.25, 0.3) is 0 Å². The van der Waals surface area contributed by atoms with E-state index in [9.17, 15) is 4.79 Å². The second-order valence-corrected chi connectivity index (χ2v) is 5.81. The van der Waals surface area contributed by atoms with Gasteiger partial charge < -0.3 is 15.4 Å². The van der Waals surface area contributed by atoms with E-state index in [4.69, 9.17) is 10.5 Å². The highest BCUT2D eigenvalue weighted by molar-refractivity contribution is 5.86. The monoisotopic (exact) mass is 312 g/mol. The standard InChI is InChI=1S/C19H24N2O2/c1-4-23-17-12-10-15(11-13-17)14-21(3)18(22)19(2,20)16-8-6-5-7-9-16/h5-13H,4,14,20H2,1-3H3. The van der Waals surface area contributed by atoms with Crippen LogP contribution in [0.3, 0.4) is 0 Å². The molecular formula is C19H24N2O2. The first-order chi connectivity index (χ1) is 10.9. The zero-order valence-corrected chi connectivity index (χ0v) is 14.0. The predicted octanol–water partition coefficient (Wildman–Crippen LogP) is 2.92. The molecule has 2 rings (SSSR count). The van der Waals surface area contributed by atoms with Gasteiger partial charge in [0.05, 0.1) is 6.61 Å². The van der Waals surface area contributed by atoms with Crippen LogP contribution in [0.2, 0.25) is 0 Å². The van der Waals surface area contributed by atoms with Crippen molar-refractivity contribution >= 4 is 5.91 Å². The molecular weight excluding hydrogens is 288 g/mol. The summed E-state index contributed by atoms with van der Waals surface area (Å²) in [5.41, 5.74) is 7.09. The highest BCUT2D eigenvalue weighted by atomic mass is 16.5. The third-order valence-electron chi connectivity index (χ3n) is 3.82. The van der Waals surface area contributed by atoms with E-state index < -0.39 is 5.54 Å². The van der Waals surface area contributed by atoms with Crippen LogP contribution in [0, 0.1) is 0 Å². The maximum atomic E-state index is 12.7. The molecule has 0 radical (unpaired) electrons. The fraction of sp³-hybridized carbons (Fsp3) is 0.316. The summed E-state index contributed by atoms with van der Waals surface area (Å²) in [6.45, 7) is 4.84. The average molecular weight is 312 g/mol. The van der Waals surface area contributed by atoms with Gasteiger partial charge in [-0.25, -0.2) is 0 Å². The van der Waals surface area contributed by atoms with Gasteiger partial charge in [-0.1, -0.05) is 42.5 Å². The van der Waals surface area contributed by atoms with E-state index in [1.807, 2.05) is 61.5 Å².